The predicted molar refractivity (Wildman–Crippen MR) is 64.8 cm³/mol. The summed E-state index contributed by atoms with van der Waals surface area (Å²) < 4.78 is 0.755. The van der Waals surface area contributed by atoms with Crippen molar-refractivity contribution < 1.29 is 4.79 Å². The molecule has 0 heterocycles. The van der Waals surface area contributed by atoms with Crippen LogP contribution in [0.15, 0.2) is 22.7 Å². The maximum absolute atomic E-state index is 11.2. The minimum atomic E-state index is -0.469. The molecule has 0 aromatic heterocycles. The summed E-state index contributed by atoms with van der Waals surface area (Å²) >= 11 is 9.16. The lowest BCUT2D eigenvalue weighted by atomic mass is 10.1. The van der Waals surface area contributed by atoms with Crippen LogP contribution < -0.4 is 11.1 Å². The molecular weight excluding hydrogens is 279 g/mol. The van der Waals surface area contributed by atoms with Gasteiger partial charge in [0.25, 0.3) is 0 Å². The molecule has 82 valence electrons. The molecule has 0 bridgehead atoms. The van der Waals surface area contributed by atoms with Gasteiger partial charge in [0.05, 0.1) is 5.02 Å². The Morgan fingerprint density at radius 1 is 1.67 bits per heavy atom. The van der Waals surface area contributed by atoms with Gasteiger partial charge >= 0.3 is 0 Å². The van der Waals surface area contributed by atoms with E-state index < -0.39 is 11.9 Å². The molecule has 1 aromatic rings. The molecule has 15 heavy (non-hydrogen) atoms. The Balaban J connectivity index is 3.01. The van der Waals surface area contributed by atoms with Gasteiger partial charge in [-0.05, 0) is 40.2 Å². The lowest BCUT2D eigenvalue weighted by Crippen LogP contribution is -2.33. The highest BCUT2D eigenvalue weighted by molar-refractivity contribution is 9.10. The first kappa shape index (κ1) is 12.5. The van der Waals surface area contributed by atoms with Crippen LogP contribution in [0.2, 0.25) is 5.02 Å². The fourth-order valence-corrected chi connectivity index (χ4v) is 1.79. The summed E-state index contributed by atoms with van der Waals surface area (Å²) in [6, 6.07) is 4.84. The Labute approximate surface area is 102 Å². The smallest absolute Gasteiger partial charge is 0.239 e. The standard InChI is InChI=1S/C10H12BrClN2O/c1-2-14-9(10(13)15)6-3-4-8(12)7(11)5-6/h3-5,9,14H,2H2,1H3,(H2,13,15). The summed E-state index contributed by atoms with van der Waals surface area (Å²) in [4.78, 5) is 11.2. The van der Waals surface area contributed by atoms with Gasteiger partial charge in [0.1, 0.15) is 6.04 Å². The van der Waals surface area contributed by atoms with E-state index in [1.54, 1.807) is 18.2 Å². The second-order valence-electron chi connectivity index (χ2n) is 3.07. The van der Waals surface area contributed by atoms with Crippen molar-refractivity contribution in [1.82, 2.24) is 5.32 Å². The molecule has 0 saturated heterocycles. The van der Waals surface area contributed by atoms with Crippen molar-refractivity contribution in [3.63, 3.8) is 0 Å². The molecule has 3 nitrogen and oxygen atoms in total. The van der Waals surface area contributed by atoms with E-state index in [1.165, 1.54) is 0 Å². The molecule has 3 N–H and O–H groups in total. The zero-order chi connectivity index (χ0) is 11.4. The lowest BCUT2D eigenvalue weighted by molar-refractivity contribution is -0.120. The first-order valence-electron chi connectivity index (χ1n) is 4.54. The van der Waals surface area contributed by atoms with Crippen molar-refractivity contribution in [2.45, 2.75) is 13.0 Å². The van der Waals surface area contributed by atoms with Gasteiger partial charge in [-0.3, -0.25) is 4.79 Å². The van der Waals surface area contributed by atoms with Crippen molar-refractivity contribution >= 4 is 33.4 Å². The number of nitrogens with two attached hydrogens (primary N) is 1. The molecular formula is C10H12BrClN2O. The van der Waals surface area contributed by atoms with Crippen LogP contribution in [-0.2, 0) is 4.79 Å². The van der Waals surface area contributed by atoms with Crippen molar-refractivity contribution in [3.8, 4) is 0 Å². The van der Waals surface area contributed by atoms with Gasteiger partial charge in [0.2, 0.25) is 5.91 Å². The third-order valence-electron chi connectivity index (χ3n) is 1.97. The van der Waals surface area contributed by atoms with Gasteiger partial charge in [-0.2, -0.15) is 0 Å². The Bertz CT molecular complexity index is 370. The number of hydrogen-bond donors (Lipinski definition) is 2. The number of carbonyl (C=O) groups excluding carboxylic acids is 1. The zero-order valence-corrected chi connectivity index (χ0v) is 10.6. The number of nitrogens with one attached hydrogen (secondary N) is 1. The molecule has 0 aliphatic rings. The first-order chi connectivity index (χ1) is 7.06. The molecule has 0 fully saturated rings. The molecule has 0 aliphatic carbocycles. The highest BCUT2D eigenvalue weighted by Gasteiger charge is 2.16. The van der Waals surface area contributed by atoms with Crippen LogP contribution in [0.1, 0.15) is 18.5 Å². The monoisotopic (exact) mass is 290 g/mol. The molecule has 1 unspecified atom stereocenters. The van der Waals surface area contributed by atoms with Crippen LogP contribution in [0.3, 0.4) is 0 Å². The molecule has 0 aliphatic heterocycles. The third kappa shape index (κ3) is 3.19. The van der Waals surface area contributed by atoms with Crippen LogP contribution in [0.4, 0.5) is 0 Å². The van der Waals surface area contributed by atoms with E-state index >= 15 is 0 Å². The van der Waals surface area contributed by atoms with E-state index in [4.69, 9.17) is 17.3 Å². The summed E-state index contributed by atoms with van der Waals surface area (Å²) in [6.45, 7) is 2.59. The Morgan fingerprint density at radius 2 is 2.33 bits per heavy atom. The SMILES string of the molecule is CCNC(C(N)=O)c1ccc(Cl)c(Br)c1. The number of benzene rings is 1. The Hall–Kier alpha value is -0.580. The summed E-state index contributed by atoms with van der Waals surface area (Å²) in [5, 5.41) is 3.62. The molecule has 1 atom stereocenters. The van der Waals surface area contributed by atoms with E-state index in [-0.39, 0.29) is 0 Å². The topological polar surface area (TPSA) is 55.1 Å². The maximum Gasteiger partial charge on any atom is 0.239 e. The highest BCUT2D eigenvalue weighted by Crippen LogP contribution is 2.25. The number of primary amides is 1. The predicted octanol–water partition coefficient (Wildman–Crippen LogP) is 2.24. The second kappa shape index (κ2) is 5.49. The van der Waals surface area contributed by atoms with E-state index in [0.29, 0.717) is 11.6 Å². The van der Waals surface area contributed by atoms with E-state index in [9.17, 15) is 4.79 Å². The number of halogens is 2. The van der Waals surface area contributed by atoms with Crippen molar-refractivity contribution in [2.75, 3.05) is 6.54 Å². The molecule has 5 heteroatoms. The first-order valence-corrected chi connectivity index (χ1v) is 5.71. The van der Waals surface area contributed by atoms with Gasteiger partial charge in [-0.15, -0.1) is 0 Å². The molecule has 0 radical (unpaired) electrons. The van der Waals surface area contributed by atoms with Gasteiger partial charge in [-0.1, -0.05) is 24.6 Å². The molecule has 0 saturated carbocycles. The summed E-state index contributed by atoms with van der Waals surface area (Å²) in [5.41, 5.74) is 6.10. The summed E-state index contributed by atoms with van der Waals surface area (Å²) in [6.07, 6.45) is 0. The molecule has 1 rings (SSSR count). The van der Waals surface area contributed by atoms with Crippen LogP contribution in [-0.4, -0.2) is 12.5 Å². The average molecular weight is 292 g/mol. The quantitative estimate of drug-likeness (QED) is 0.894. The minimum Gasteiger partial charge on any atom is -0.368 e. The van der Waals surface area contributed by atoms with Gasteiger partial charge < -0.3 is 11.1 Å². The second-order valence-corrected chi connectivity index (χ2v) is 4.33. The highest BCUT2D eigenvalue weighted by atomic mass is 79.9. The zero-order valence-electron chi connectivity index (χ0n) is 8.26. The largest absolute Gasteiger partial charge is 0.368 e. The van der Waals surface area contributed by atoms with Crippen LogP contribution in [0.5, 0.6) is 0 Å². The van der Waals surface area contributed by atoms with Gasteiger partial charge in [0, 0.05) is 4.47 Å². The number of carbonyl (C=O) groups is 1. The summed E-state index contributed by atoms with van der Waals surface area (Å²) in [5.74, 6) is -0.397. The number of likely N-dealkylation sites (N-methyl/N-ethyl adjacent to an activating group) is 1. The molecule has 1 aromatic carbocycles. The minimum absolute atomic E-state index is 0.397. The van der Waals surface area contributed by atoms with Crippen molar-refractivity contribution in [2.24, 2.45) is 5.73 Å². The molecule has 0 spiro atoms. The van der Waals surface area contributed by atoms with Crippen LogP contribution in [0, 0.1) is 0 Å². The van der Waals surface area contributed by atoms with E-state index in [2.05, 4.69) is 21.2 Å². The fraction of sp³-hybridized carbons (Fsp3) is 0.300. The normalized spacial score (nSPS) is 12.5. The Kier molecular flexibility index (Phi) is 4.57. The Morgan fingerprint density at radius 3 is 2.80 bits per heavy atom. The number of hydrogen-bond acceptors (Lipinski definition) is 2. The summed E-state index contributed by atoms with van der Waals surface area (Å²) in [7, 11) is 0. The number of amides is 1. The third-order valence-corrected chi connectivity index (χ3v) is 3.18. The van der Waals surface area contributed by atoms with Crippen LogP contribution >= 0.6 is 27.5 Å². The van der Waals surface area contributed by atoms with Crippen molar-refractivity contribution in [3.05, 3.63) is 33.3 Å². The molecule has 1 amide bonds. The number of rotatable bonds is 4. The van der Waals surface area contributed by atoms with Gasteiger partial charge in [-0.25, -0.2) is 0 Å². The van der Waals surface area contributed by atoms with Gasteiger partial charge in [0.15, 0.2) is 0 Å². The fourth-order valence-electron chi connectivity index (χ4n) is 1.28. The average Bonchev–Trinajstić information content (AvgIpc) is 2.18. The van der Waals surface area contributed by atoms with Crippen molar-refractivity contribution in [1.29, 1.82) is 0 Å². The van der Waals surface area contributed by atoms with E-state index in [0.717, 1.165) is 10.0 Å². The maximum atomic E-state index is 11.2. The van der Waals surface area contributed by atoms with E-state index in [1.807, 2.05) is 6.92 Å². The van der Waals surface area contributed by atoms with Crippen LogP contribution in [0.25, 0.3) is 0 Å². The lowest BCUT2D eigenvalue weighted by Gasteiger charge is -2.15.